The van der Waals surface area contributed by atoms with E-state index in [2.05, 4.69) is 17.9 Å². The van der Waals surface area contributed by atoms with Gasteiger partial charge in [-0.15, -0.1) is 0 Å². The predicted octanol–water partition coefficient (Wildman–Crippen LogP) is 3.15. The molecule has 0 bridgehead atoms. The van der Waals surface area contributed by atoms with Gasteiger partial charge in [0.05, 0.1) is 16.3 Å². The van der Waals surface area contributed by atoms with Crippen molar-refractivity contribution in [3.05, 3.63) is 28.8 Å². The second-order valence-corrected chi connectivity index (χ2v) is 5.83. The van der Waals surface area contributed by atoms with Crippen LogP contribution in [-0.4, -0.2) is 24.1 Å². The lowest BCUT2D eigenvalue weighted by molar-refractivity contribution is 0.782. The highest BCUT2D eigenvalue weighted by molar-refractivity contribution is 8.00. The van der Waals surface area contributed by atoms with E-state index in [-0.39, 0.29) is 0 Å². The predicted molar refractivity (Wildman–Crippen MR) is 70.3 cm³/mol. The Morgan fingerprint density at radius 3 is 3.06 bits per heavy atom. The van der Waals surface area contributed by atoms with Crippen LogP contribution in [0.1, 0.15) is 12.5 Å². The molecule has 0 radical (unpaired) electrons. The van der Waals surface area contributed by atoms with Gasteiger partial charge in [0.15, 0.2) is 0 Å². The van der Waals surface area contributed by atoms with Gasteiger partial charge in [-0.05, 0) is 12.1 Å². The van der Waals surface area contributed by atoms with Crippen molar-refractivity contribution < 1.29 is 0 Å². The minimum Gasteiger partial charge on any atom is -0.368 e. The molecule has 16 heavy (non-hydrogen) atoms. The number of hydrogen-bond donors (Lipinski definition) is 0. The topological polar surface area (TPSA) is 27.0 Å². The van der Waals surface area contributed by atoms with Crippen LogP contribution in [0.2, 0.25) is 5.02 Å². The highest BCUT2D eigenvalue weighted by Crippen LogP contribution is 2.30. The highest BCUT2D eigenvalue weighted by Gasteiger charge is 2.20. The largest absolute Gasteiger partial charge is 0.368 e. The summed E-state index contributed by atoms with van der Waals surface area (Å²) >= 11 is 8.01. The van der Waals surface area contributed by atoms with Gasteiger partial charge in [-0.3, -0.25) is 0 Å². The summed E-state index contributed by atoms with van der Waals surface area (Å²) in [6, 6.07) is 7.85. The molecule has 0 aliphatic carbocycles. The standard InChI is InChI=1S/C12H13ClN2S/c1-9-8-15(5-6-16-9)12-4-2-3-11(13)10(12)7-14/h2-4,9H,5-6,8H2,1H3. The van der Waals surface area contributed by atoms with E-state index >= 15 is 0 Å². The highest BCUT2D eigenvalue weighted by atomic mass is 35.5. The quantitative estimate of drug-likeness (QED) is 0.768. The second kappa shape index (κ2) is 4.99. The smallest absolute Gasteiger partial charge is 0.103 e. The van der Waals surface area contributed by atoms with Crippen molar-refractivity contribution in [2.75, 3.05) is 23.7 Å². The molecular formula is C12H13ClN2S. The zero-order valence-electron chi connectivity index (χ0n) is 9.11. The fraction of sp³-hybridized carbons (Fsp3) is 0.417. The summed E-state index contributed by atoms with van der Waals surface area (Å²) in [5.41, 5.74) is 1.57. The number of anilines is 1. The molecule has 0 N–H and O–H groups in total. The summed E-state index contributed by atoms with van der Waals surface area (Å²) in [5.74, 6) is 1.11. The average molecular weight is 253 g/mol. The van der Waals surface area contributed by atoms with Gasteiger partial charge in [-0.1, -0.05) is 24.6 Å². The number of nitrogens with zero attached hydrogens (tertiary/aromatic N) is 2. The third kappa shape index (κ3) is 2.28. The molecular weight excluding hydrogens is 240 g/mol. The Labute approximate surface area is 105 Å². The molecule has 2 nitrogen and oxygen atoms in total. The first-order valence-electron chi connectivity index (χ1n) is 5.27. The van der Waals surface area contributed by atoms with Crippen LogP contribution in [0.25, 0.3) is 0 Å². The van der Waals surface area contributed by atoms with Gasteiger partial charge >= 0.3 is 0 Å². The molecule has 0 saturated carbocycles. The Morgan fingerprint density at radius 2 is 2.38 bits per heavy atom. The van der Waals surface area contributed by atoms with Crippen LogP contribution in [0.4, 0.5) is 5.69 Å². The van der Waals surface area contributed by atoms with Crippen molar-refractivity contribution in [2.45, 2.75) is 12.2 Å². The van der Waals surface area contributed by atoms with Crippen LogP contribution >= 0.6 is 23.4 Å². The molecule has 1 saturated heterocycles. The summed E-state index contributed by atoms with van der Waals surface area (Å²) in [5, 5.41) is 10.3. The van der Waals surface area contributed by atoms with Gasteiger partial charge in [0.1, 0.15) is 6.07 Å². The molecule has 1 aromatic rings. The molecule has 1 aliphatic heterocycles. The summed E-state index contributed by atoms with van der Waals surface area (Å²) in [6.45, 7) is 4.19. The first-order chi connectivity index (χ1) is 7.72. The summed E-state index contributed by atoms with van der Waals surface area (Å²) in [7, 11) is 0. The zero-order valence-corrected chi connectivity index (χ0v) is 10.7. The maximum absolute atomic E-state index is 9.13. The number of benzene rings is 1. The Balaban J connectivity index is 2.33. The average Bonchev–Trinajstić information content (AvgIpc) is 2.28. The molecule has 1 aliphatic rings. The van der Waals surface area contributed by atoms with Crippen molar-refractivity contribution in [3.63, 3.8) is 0 Å². The van der Waals surface area contributed by atoms with E-state index in [0.29, 0.717) is 15.8 Å². The second-order valence-electron chi connectivity index (χ2n) is 3.87. The van der Waals surface area contributed by atoms with E-state index in [4.69, 9.17) is 16.9 Å². The molecule has 0 aromatic heterocycles. The van der Waals surface area contributed by atoms with Crippen molar-refractivity contribution >= 4 is 29.1 Å². The van der Waals surface area contributed by atoms with Crippen molar-refractivity contribution in [3.8, 4) is 6.07 Å². The Bertz CT molecular complexity index is 428. The molecule has 4 heteroatoms. The first kappa shape index (κ1) is 11.6. The number of rotatable bonds is 1. The van der Waals surface area contributed by atoms with Gasteiger partial charge < -0.3 is 4.90 Å². The van der Waals surface area contributed by atoms with Gasteiger partial charge in [-0.2, -0.15) is 17.0 Å². The number of hydrogen-bond acceptors (Lipinski definition) is 3. The van der Waals surface area contributed by atoms with Gasteiger partial charge in [0.25, 0.3) is 0 Å². The summed E-state index contributed by atoms with van der Waals surface area (Å²) < 4.78 is 0. The third-order valence-corrected chi connectivity index (χ3v) is 4.14. The fourth-order valence-electron chi connectivity index (χ4n) is 1.92. The first-order valence-corrected chi connectivity index (χ1v) is 6.70. The van der Waals surface area contributed by atoms with Crippen LogP contribution in [0.3, 0.4) is 0 Å². The molecule has 1 aromatic carbocycles. The number of thioether (sulfide) groups is 1. The van der Waals surface area contributed by atoms with E-state index in [0.717, 1.165) is 24.5 Å². The molecule has 0 amide bonds. The summed E-state index contributed by atoms with van der Waals surface area (Å²) in [6.07, 6.45) is 0. The van der Waals surface area contributed by atoms with Crippen molar-refractivity contribution in [1.82, 2.24) is 0 Å². The molecule has 0 spiro atoms. The molecule has 1 fully saturated rings. The van der Waals surface area contributed by atoms with Gasteiger partial charge in [0, 0.05) is 24.1 Å². The van der Waals surface area contributed by atoms with Crippen molar-refractivity contribution in [1.29, 1.82) is 5.26 Å². The normalized spacial score (nSPS) is 20.6. The maximum atomic E-state index is 9.13. The maximum Gasteiger partial charge on any atom is 0.103 e. The number of nitriles is 1. The van der Waals surface area contributed by atoms with E-state index < -0.39 is 0 Å². The Hall–Kier alpha value is -0.850. The number of halogens is 1. The molecule has 84 valence electrons. The van der Waals surface area contributed by atoms with E-state index in [1.807, 2.05) is 23.9 Å². The Kier molecular flexibility index (Phi) is 3.63. The lowest BCUT2D eigenvalue weighted by Gasteiger charge is -2.33. The van der Waals surface area contributed by atoms with E-state index in [9.17, 15) is 0 Å². The molecule has 1 atom stereocenters. The molecule has 2 rings (SSSR count). The van der Waals surface area contributed by atoms with Crippen LogP contribution in [0.15, 0.2) is 18.2 Å². The fourth-order valence-corrected chi connectivity index (χ4v) is 3.15. The van der Waals surface area contributed by atoms with Crippen LogP contribution in [0.5, 0.6) is 0 Å². The van der Waals surface area contributed by atoms with Crippen LogP contribution in [-0.2, 0) is 0 Å². The minimum atomic E-state index is 0.547. The SMILES string of the molecule is CC1CN(c2cccc(Cl)c2C#N)CCS1. The molecule has 1 heterocycles. The molecule has 1 unspecified atom stereocenters. The van der Waals surface area contributed by atoms with Gasteiger partial charge in [-0.25, -0.2) is 0 Å². The minimum absolute atomic E-state index is 0.547. The zero-order chi connectivity index (χ0) is 11.5. The lowest BCUT2D eigenvalue weighted by Crippen LogP contribution is -2.37. The van der Waals surface area contributed by atoms with Crippen LogP contribution in [0, 0.1) is 11.3 Å². The van der Waals surface area contributed by atoms with E-state index in [1.165, 1.54) is 0 Å². The van der Waals surface area contributed by atoms with Gasteiger partial charge in [0.2, 0.25) is 0 Å². The van der Waals surface area contributed by atoms with E-state index in [1.54, 1.807) is 6.07 Å². The van der Waals surface area contributed by atoms with Crippen LogP contribution < -0.4 is 4.90 Å². The monoisotopic (exact) mass is 252 g/mol. The third-order valence-electron chi connectivity index (χ3n) is 2.69. The van der Waals surface area contributed by atoms with Crippen molar-refractivity contribution in [2.24, 2.45) is 0 Å². The Morgan fingerprint density at radius 1 is 1.56 bits per heavy atom. The summed E-state index contributed by atoms with van der Waals surface area (Å²) in [4.78, 5) is 2.26. The lowest BCUT2D eigenvalue weighted by atomic mass is 10.1.